The van der Waals surface area contributed by atoms with E-state index in [1.165, 1.54) is 31.4 Å². The Morgan fingerprint density at radius 1 is 1.00 bits per heavy atom. The van der Waals surface area contributed by atoms with Gasteiger partial charge in [0, 0.05) is 10.6 Å². The van der Waals surface area contributed by atoms with Crippen molar-refractivity contribution in [2.75, 3.05) is 12.4 Å². The third kappa shape index (κ3) is 3.74. The summed E-state index contributed by atoms with van der Waals surface area (Å²) >= 11 is 11.8. The minimum absolute atomic E-state index is 0.351. The van der Waals surface area contributed by atoms with Crippen LogP contribution in [0.5, 0.6) is 0 Å². The largest absolute Gasteiger partial charge is 0.465 e. The van der Waals surface area contributed by atoms with Crippen LogP contribution in [0.2, 0.25) is 10.0 Å². The van der Waals surface area contributed by atoms with Crippen molar-refractivity contribution in [3.63, 3.8) is 0 Å². The highest BCUT2D eigenvalue weighted by Gasteiger charge is 2.11. The van der Waals surface area contributed by atoms with Crippen LogP contribution in [0.4, 0.5) is 5.69 Å². The number of anilines is 1. The smallest absolute Gasteiger partial charge is 0.337 e. The lowest BCUT2D eigenvalue weighted by molar-refractivity contribution is 0.0600. The zero-order chi connectivity index (χ0) is 15.4. The number of benzene rings is 2. The van der Waals surface area contributed by atoms with Crippen molar-refractivity contribution < 1.29 is 14.3 Å². The summed E-state index contributed by atoms with van der Waals surface area (Å²) < 4.78 is 4.59. The van der Waals surface area contributed by atoms with Gasteiger partial charge < -0.3 is 10.1 Å². The van der Waals surface area contributed by atoms with Crippen molar-refractivity contribution in [1.82, 2.24) is 0 Å². The zero-order valence-corrected chi connectivity index (χ0v) is 12.5. The van der Waals surface area contributed by atoms with E-state index in [2.05, 4.69) is 10.1 Å². The quantitative estimate of drug-likeness (QED) is 0.867. The van der Waals surface area contributed by atoms with Crippen molar-refractivity contribution in [3.8, 4) is 0 Å². The van der Waals surface area contributed by atoms with E-state index in [0.717, 1.165) is 0 Å². The molecule has 1 amide bonds. The minimum atomic E-state index is -0.458. The summed E-state index contributed by atoms with van der Waals surface area (Å²) in [6.45, 7) is 0. The lowest BCUT2D eigenvalue weighted by Gasteiger charge is -2.08. The van der Waals surface area contributed by atoms with Gasteiger partial charge >= 0.3 is 5.97 Å². The topological polar surface area (TPSA) is 55.4 Å². The molecule has 0 aliphatic carbocycles. The number of halogens is 2. The molecule has 0 saturated carbocycles. The van der Waals surface area contributed by atoms with Crippen LogP contribution < -0.4 is 5.32 Å². The van der Waals surface area contributed by atoms with Crippen LogP contribution in [0.25, 0.3) is 0 Å². The number of esters is 1. The van der Waals surface area contributed by atoms with Crippen molar-refractivity contribution in [3.05, 3.63) is 63.6 Å². The molecule has 0 atom stereocenters. The van der Waals surface area contributed by atoms with Crippen LogP contribution in [0, 0.1) is 0 Å². The normalized spacial score (nSPS) is 10.0. The summed E-state index contributed by atoms with van der Waals surface area (Å²) in [6, 6.07) is 10.9. The van der Waals surface area contributed by atoms with Gasteiger partial charge in [-0.25, -0.2) is 4.79 Å². The van der Waals surface area contributed by atoms with Gasteiger partial charge in [0.1, 0.15) is 0 Å². The van der Waals surface area contributed by atoms with Crippen LogP contribution in [-0.2, 0) is 4.74 Å². The van der Waals surface area contributed by atoms with E-state index in [4.69, 9.17) is 23.2 Å². The molecule has 21 heavy (non-hydrogen) atoms. The van der Waals surface area contributed by atoms with Gasteiger partial charge in [-0.1, -0.05) is 23.2 Å². The molecular weight excluding hydrogens is 313 g/mol. The molecule has 0 fully saturated rings. The highest BCUT2D eigenvalue weighted by molar-refractivity contribution is 6.35. The fourth-order valence-corrected chi connectivity index (χ4v) is 2.00. The van der Waals surface area contributed by atoms with Gasteiger partial charge in [-0.2, -0.15) is 0 Å². The third-order valence-corrected chi connectivity index (χ3v) is 3.31. The number of ether oxygens (including phenoxy) is 1. The van der Waals surface area contributed by atoms with Gasteiger partial charge in [0.15, 0.2) is 0 Å². The van der Waals surface area contributed by atoms with Crippen LogP contribution in [-0.4, -0.2) is 19.0 Å². The summed E-state index contributed by atoms with van der Waals surface area (Å²) in [6.07, 6.45) is 0. The Bertz CT molecular complexity index is 684. The first-order valence-electron chi connectivity index (χ1n) is 5.96. The second-order valence-electron chi connectivity index (χ2n) is 4.15. The Morgan fingerprint density at radius 3 is 2.24 bits per heavy atom. The molecule has 0 aromatic heterocycles. The standard InChI is InChI=1S/C15H11Cl2NO3/c1-21-15(20)10-4-2-9(3-5-10)14(19)18-13-8-11(16)6-7-12(13)17/h2-8H,1H3,(H,18,19). The van der Waals surface area contributed by atoms with Crippen LogP contribution in [0.15, 0.2) is 42.5 Å². The van der Waals surface area contributed by atoms with E-state index in [-0.39, 0.29) is 5.91 Å². The van der Waals surface area contributed by atoms with E-state index in [1.807, 2.05) is 0 Å². The predicted molar refractivity (Wildman–Crippen MR) is 82.2 cm³/mol. The lowest BCUT2D eigenvalue weighted by atomic mass is 10.1. The van der Waals surface area contributed by atoms with E-state index < -0.39 is 5.97 Å². The molecule has 0 spiro atoms. The van der Waals surface area contributed by atoms with Gasteiger partial charge in [0.2, 0.25) is 0 Å². The van der Waals surface area contributed by atoms with Gasteiger partial charge in [0.25, 0.3) is 5.91 Å². The van der Waals surface area contributed by atoms with Crippen molar-refractivity contribution in [2.45, 2.75) is 0 Å². The Morgan fingerprint density at radius 2 is 1.62 bits per heavy atom. The summed E-state index contributed by atoms with van der Waals surface area (Å²) in [5.41, 5.74) is 1.18. The van der Waals surface area contributed by atoms with Crippen molar-refractivity contribution in [1.29, 1.82) is 0 Å². The number of rotatable bonds is 3. The van der Waals surface area contributed by atoms with E-state index >= 15 is 0 Å². The van der Waals surface area contributed by atoms with Gasteiger partial charge in [-0.15, -0.1) is 0 Å². The van der Waals surface area contributed by atoms with Crippen molar-refractivity contribution in [2.24, 2.45) is 0 Å². The Balaban J connectivity index is 2.17. The highest BCUT2D eigenvalue weighted by atomic mass is 35.5. The fraction of sp³-hybridized carbons (Fsp3) is 0.0667. The Hall–Kier alpha value is -2.04. The number of hydrogen-bond acceptors (Lipinski definition) is 3. The molecule has 2 aromatic rings. The molecular formula is C15H11Cl2NO3. The maximum Gasteiger partial charge on any atom is 0.337 e. The van der Waals surface area contributed by atoms with Gasteiger partial charge in [-0.05, 0) is 42.5 Å². The molecule has 0 bridgehead atoms. The molecule has 0 aliphatic rings. The van der Waals surface area contributed by atoms with Crippen LogP contribution in [0.3, 0.4) is 0 Å². The molecule has 0 radical (unpaired) electrons. The SMILES string of the molecule is COC(=O)c1ccc(C(=O)Nc2cc(Cl)ccc2Cl)cc1. The second-order valence-corrected chi connectivity index (χ2v) is 4.99. The lowest BCUT2D eigenvalue weighted by Crippen LogP contribution is -2.12. The molecule has 0 aliphatic heterocycles. The van der Waals surface area contributed by atoms with E-state index in [1.54, 1.807) is 18.2 Å². The van der Waals surface area contributed by atoms with Crippen LogP contribution >= 0.6 is 23.2 Å². The first kappa shape index (κ1) is 15.4. The summed E-state index contributed by atoms with van der Waals surface area (Å²) in [5, 5.41) is 3.51. The number of methoxy groups -OCH3 is 1. The van der Waals surface area contributed by atoms with Crippen LogP contribution in [0.1, 0.15) is 20.7 Å². The highest BCUT2D eigenvalue weighted by Crippen LogP contribution is 2.25. The summed E-state index contributed by atoms with van der Waals surface area (Å²) in [4.78, 5) is 23.4. The Kier molecular flexibility index (Phi) is 4.83. The fourth-order valence-electron chi connectivity index (χ4n) is 1.66. The second kappa shape index (κ2) is 6.61. The first-order chi connectivity index (χ1) is 10.0. The maximum absolute atomic E-state index is 12.1. The first-order valence-corrected chi connectivity index (χ1v) is 6.71. The number of amides is 1. The molecule has 0 saturated heterocycles. The molecule has 1 N–H and O–H groups in total. The molecule has 108 valence electrons. The van der Waals surface area contributed by atoms with E-state index in [0.29, 0.717) is 26.9 Å². The average molecular weight is 324 g/mol. The van der Waals surface area contributed by atoms with Gasteiger partial charge in [-0.3, -0.25) is 4.79 Å². The molecule has 0 heterocycles. The number of carbonyl (C=O) groups excluding carboxylic acids is 2. The maximum atomic E-state index is 12.1. The Labute approximate surface area is 131 Å². The number of hydrogen-bond donors (Lipinski definition) is 1. The van der Waals surface area contributed by atoms with E-state index in [9.17, 15) is 9.59 Å². The molecule has 2 rings (SSSR count). The minimum Gasteiger partial charge on any atom is -0.465 e. The monoisotopic (exact) mass is 323 g/mol. The molecule has 6 heteroatoms. The molecule has 0 unspecified atom stereocenters. The number of nitrogens with one attached hydrogen (secondary N) is 1. The molecule has 2 aromatic carbocycles. The van der Waals surface area contributed by atoms with Gasteiger partial charge in [0.05, 0.1) is 23.4 Å². The third-order valence-electron chi connectivity index (χ3n) is 2.74. The summed E-state index contributed by atoms with van der Waals surface area (Å²) in [7, 11) is 1.30. The zero-order valence-electron chi connectivity index (χ0n) is 11.0. The number of carbonyl (C=O) groups is 2. The van der Waals surface area contributed by atoms with Crippen molar-refractivity contribution >= 4 is 40.8 Å². The average Bonchev–Trinajstić information content (AvgIpc) is 2.50. The predicted octanol–water partition coefficient (Wildman–Crippen LogP) is 4.03. The summed E-state index contributed by atoms with van der Waals surface area (Å²) in [5.74, 6) is -0.810. The molecule has 4 nitrogen and oxygen atoms in total.